The Balaban J connectivity index is 1.78. The Hall–Kier alpha value is -3.36. The number of carbonyl (C=O) groups excluding carboxylic acids is 1. The van der Waals surface area contributed by atoms with Gasteiger partial charge in [0.2, 0.25) is 0 Å². The predicted octanol–water partition coefficient (Wildman–Crippen LogP) is 4.98. The second-order valence-electron chi connectivity index (χ2n) is 6.30. The van der Waals surface area contributed by atoms with Gasteiger partial charge in [-0.05, 0) is 61.4 Å². The lowest BCUT2D eigenvalue weighted by Gasteiger charge is -2.07. The molecule has 0 fully saturated rings. The molecule has 2 aromatic carbocycles. The van der Waals surface area contributed by atoms with Gasteiger partial charge >= 0.3 is 0 Å². The highest BCUT2D eigenvalue weighted by atomic mass is 35.5. The zero-order valence-corrected chi connectivity index (χ0v) is 16.3. The van der Waals surface area contributed by atoms with Crippen molar-refractivity contribution in [3.8, 4) is 11.8 Å². The van der Waals surface area contributed by atoms with Crippen molar-refractivity contribution in [1.82, 2.24) is 9.78 Å². The summed E-state index contributed by atoms with van der Waals surface area (Å²) in [5.74, 6) is 0.181. The first-order chi connectivity index (χ1) is 13.5. The van der Waals surface area contributed by atoms with Crippen LogP contribution in [-0.2, 0) is 6.61 Å². The van der Waals surface area contributed by atoms with Crippen molar-refractivity contribution in [3.05, 3.63) is 87.7 Å². The lowest BCUT2D eigenvalue weighted by atomic mass is 10.1. The molecule has 0 unspecified atom stereocenters. The Labute approximate surface area is 168 Å². The van der Waals surface area contributed by atoms with E-state index in [4.69, 9.17) is 16.3 Å². The maximum atomic E-state index is 12.6. The van der Waals surface area contributed by atoms with Gasteiger partial charge in [-0.1, -0.05) is 35.9 Å². The van der Waals surface area contributed by atoms with Gasteiger partial charge in [0.05, 0.1) is 5.69 Å². The van der Waals surface area contributed by atoms with E-state index < -0.39 is 5.91 Å². The molecular formula is C22H18ClN3O2. The van der Waals surface area contributed by atoms with Crippen molar-refractivity contribution >= 4 is 23.6 Å². The third-order valence-electron chi connectivity index (χ3n) is 4.04. The average molecular weight is 392 g/mol. The third-order valence-corrected chi connectivity index (χ3v) is 4.29. The van der Waals surface area contributed by atoms with Gasteiger partial charge in [0.1, 0.15) is 24.0 Å². The number of ether oxygens (including phenoxy) is 1. The van der Waals surface area contributed by atoms with E-state index in [9.17, 15) is 10.1 Å². The van der Waals surface area contributed by atoms with Crippen LogP contribution >= 0.6 is 11.6 Å². The predicted molar refractivity (Wildman–Crippen MR) is 108 cm³/mol. The van der Waals surface area contributed by atoms with Crippen LogP contribution in [0.15, 0.2) is 60.2 Å². The summed E-state index contributed by atoms with van der Waals surface area (Å²) in [7, 11) is 0. The highest BCUT2D eigenvalue weighted by Gasteiger charge is 2.15. The fraction of sp³-hybridized carbons (Fsp3) is 0.136. The van der Waals surface area contributed by atoms with E-state index in [1.54, 1.807) is 32.0 Å². The molecule has 28 heavy (non-hydrogen) atoms. The van der Waals surface area contributed by atoms with Crippen molar-refractivity contribution in [2.24, 2.45) is 0 Å². The summed E-state index contributed by atoms with van der Waals surface area (Å²) in [5.41, 5.74) is 3.09. The minimum atomic E-state index is -0.458. The van der Waals surface area contributed by atoms with E-state index in [-0.39, 0.29) is 5.57 Å². The molecule has 0 atom stereocenters. The van der Waals surface area contributed by atoms with E-state index in [0.29, 0.717) is 28.6 Å². The van der Waals surface area contributed by atoms with Gasteiger partial charge in [0, 0.05) is 10.7 Å². The van der Waals surface area contributed by atoms with Crippen LogP contribution in [0.3, 0.4) is 0 Å². The molecule has 6 heteroatoms. The maximum Gasteiger partial charge on any atom is 0.289 e. The van der Waals surface area contributed by atoms with Gasteiger partial charge in [-0.2, -0.15) is 10.4 Å². The fourth-order valence-corrected chi connectivity index (χ4v) is 2.82. The van der Waals surface area contributed by atoms with Crippen LogP contribution in [0.1, 0.15) is 27.3 Å². The van der Waals surface area contributed by atoms with Crippen molar-refractivity contribution in [1.29, 1.82) is 5.26 Å². The van der Waals surface area contributed by atoms with Gasteiger partial charge in [-0.25, -0.2) is 4.68 Å². The Morgan fingerprint density at radius 1 is 1.21 bits per heavy atom. The summed E-state index contributed by atoms with van der Waals surface area (Å²) in [6.07, 6.45) is 1.54. The number of carbonyl (C=O) groups is 1. The van der Waals surface area contributed by atoms with Gasteiger partial charge in [0.25, 0.3) is 5.91 Å². The van der Waals surface area contributed by atoms with Gasteiger partial charge in [-0.15, -0.1) is 0 Å². The van der Waals surface area contributed by atoms with Crippen molar-refractivity contribution < 1.29 is 9.53 Å². The lowest BCUT2D eigenvalue weighted by Crippen LogP contribution is -2.15. The van der Waals surface area contributed by atoms with Crippen molar-refractivity contribution in [2.75, 3.05) is 0 Å². The fourth-order valence-electron chi connectivity index (χ4n) is 2.70. The largest absolute Gasteiger partial charge is 0.489 e. The molecule has 0 N–H and O–H groups in total. The molecule has 0 saturated heterocycles. The molecule has 0 radical (unpaired) electrons. The number of nitriles is 1. The van der Waals surface area contributed by atoms with Crippen LogP contribution in [0.25, 0.3) is 6.08 Å². The zero-order valence-electron chi connectivity index (χ0n) is 15.5. The van der Waals surface area contributed by atoms with Crippen LogP contribution < -0.4 is 4.74 Å². The summed E-state index contributed by atoms with van der Waals surface area (Å²) in [4.78, 5) is 12.6. The molecule has 0 aliphatic rings. The second kappa shape index (κ2) is 8.55. The molecule has 0 bridgehead atoms. The molecule has 1 aromatic heterocycles. The first-order valence-corrected chi connectivity index (χ1v) is 9.01. The Morgan fingerprint density at radius 3 is 2.61 bits per heavy atom. The molecule has 0 saturated carbocycles. The highest BCUT2D eigenvalue weighted by Crippen LogP contribution is 2.19. The van der Waals surface area contributed by atoms with E-state index in [1.807, 2.05) is 42.5 Å². The number of hydrogen-bond acceptors (Lipinski definition) is 4. The van der Waals surface area contributed by atoms with Crippen LogP contribution in [0.4, 0.5) is 0 Å². The standard InChI is InChI=1S/C22H18ClN3O2/c1-15-10-16(2)26(25-15)22(27)19(13-24)11-18-4-3-5-21(12-18)28-14-17-6-8-20(23)9-7-17/h3-12H,14H2,1-2H3/b19-11+. The minimum Gasteiger partial charge on any atom is -0.489 e. The molecule has 0 aliphatic carbocycles. The first kappa shape index (κ1) is 19.4. The van der Waals surface area contributed by atoms with E-state index in [0.717, 1.165) is 11.3 Å². The van der Waals surface area contributed by atoms with Crippen LogP contribution in [0.5, 0.6) is 5.75 Å². The Morgan fingerprint density at radius 2 is 1.96 bits per heavy atom. The van der Waals surface area contributed by atoms with Crippen LogP contribution in [0.2, 0.25) is 5.02 Å². The normalized spacial score (nSPS) is 11.1. The molecule has 0 spiro atoms. The number of halogens is 1. The summed E-state index contributed by atoms with van der Waals surface area (Å²) in [5, 5.41) is 14.3. The number of rotatable bonds is 5. The quantitative estimate of drug-likeness (QED) is 0.454. The number of aryl methyl sites for hydroxylation is 2. The molecule has 1 heterocycles. The summed E-state index contributed by atoms with van der Waals surface area (Å²) >= 11 is 5.89. The number of nitrogens with zero attached hydrogens (tertiary/aromatic N) is 3. The van der Waals surface area contributed by atoms with E-state index in [1.165, 1.54) is 10.8 Å². The van der Waals surface area contributed by atoms with Crippen LogP contribution in [-0.4, -0.2) is 15.7 Å². The number of allylic oxidation sites excluding steroid dienone is 1. The number of hydrogen-bond donors (Lipinski definition) is 0. The number of benzene rings is 2. The second-order valence-corrected chi connectivity index (χ2v) is 6.74. The molecular weight excluding hydrogens is 374 g/mol. The third kappa shape index (κ3) is 4.67. The molecule has 3 rings (SSSR count). The molecule has 0 amide bonds. The van der Waals surface area contributed by atoms with E-state index >= 15 is 0 Å². The molecule has 3 aromatic rings. The average Bonchev–Trinajstić information content (AvgIpc) is 3.03. The highest BCUT2D eigenvalue weighted by molar-refractivity contribution is 6.30. The summed E-state index contributed by atoms with van der Waals surface area (Å²) in [6.45, 7) is 3.96. The monoisotopic (exact) mass is 391 g/mol. The van der Waals surface area contributed by atoms with Crippen molar-refractivity contribution in [3.63, 3.8) is 0 Å². The number of aromatic nitrogens is 2. The Bertz CT molecular complexity index is 1080. The molecule has 0 aliphatic heterocycles. The molecule has 5 nitrogen and oxygen atoms in total. The SMILES string of the molecule is Cc1cc(C)n(C(=O)/C(C#N)=C/c2cccc(OCc3ccc(Cl)cc3)c2)n1. The zero-order chi connectivity index (χ0) is 20.1. The van der Waals surface area contributed by atoms with E-state index in [2.05, 4.69) is 5.10 Å². The maximum absolute atomic E-state index is 12.6. The lowest BCUT2D eigenvalue weighted by molar-refractivity contribution is 0.0943. The molecule has 140 valence electrons. The van der Waals surface area contributed by atoms with Crippen LogP contribution in [0, 0.1) is 25.2 Å². The van der Waals surface area contributed by atoms with Gasteiger partial charge in [-0.3, -0.25) is 4.79 Å². The first-order valence-electron chi connectivity index (χ1n) is 8.63. The summed E-state index contributed by atoms with van der Waals surface area (Å²) < 4.78 is 7.04. The van der Waals surface area contributed by atoms with Gasteiger partial charge < -0.3 is 4.74 Å². The topological polar surface area (TPSA) is 67.9 Å². The summed E-state index contributed by atoms with van der Waals surface area (Å²) in [6, 6.07) is 18.4. The minimum absolute atomic E-state index is 0.000973. The van der Waals surface area contributed by atoms with Gasteiger partial charge in [0.15, 0.2) is 0 Å². The smallest absolute Gasteiger partial charge is 0.289 e. The Kier molecular flexibility index (Phi) is 5.93. The van der Waals surface area contributed by atoms with Crippen molar-refractivity contribution in [2.45, 2.75) is 20.5 Å².